The van der Waals surface area contributed by atoms with Crippen molar-refractivity contribution in [2.75, 3.05) is 26.4 Å². The zero-order valence-corrected chi connectivity index (χ0v) is 61.2. The van der Waals surface area contributed by atoms with Crippen LogP contribution >= 0.6 is 17.2 Å². The van der Waals surface area contributed by atoms with Gasteiger partial charge in [-0.05, 0) is 110 Å². The van der Waals surface area contributed by atoms with Gasteiger partial charge in [-0.15, -0.1) is 0 Å². The smallest absolute Gasteiger partial charge is 0.397 e. The fourth-order valence-corrected chi connectivity index (χ4v) is 14.3. The van der Waals surface area contributed by atoms with Gasteiger partial charge in [-0.25, -0.2) is 0 Å². The van der Waals surface area contributed by atoms with Crippen LogP contribution in [0.3, 0.4) is 0 Å². The van der Waals surface area contributed by atoms with Gasteiger partial charge in [0.05, 0.1) is 26.4 Å². The predicted molar refractivity (Wildman–Crippen MR) is 381 cm³/mol. The topological polar surface area (TPSA) is 55.4 Å². The highest BCUT2D eigenvalue weighted by Gasteiger charge is 2.28. The average molecular weight is 1240 g/mol. The molecule has 2 aromatic rings. The first-order chi connectivity index (χ1) is 41.9. The number of hydrogen-bond acceptors (Lipinski definition) is 6. The third kappa shape index (κ3) is 41.3. The van der Waals surface area contributed by atoms with Gasteiger partial charge >= 0.3 is 17.2 Å². The van der Waals surface area contributed by atoms with E-state index >= 15 is 0 Å². The number of rotatable bonds is 62. The van der Waals surface area contributed by atoms with Crippen LogP contribution in [-0.2, 0) is 29.9 Å². The molecule has 6 nitrogen and oxygen atoms in total. The molecule has 0 aromatic heterocycles. The lowest BCUT2D eigenvalue weighted by Gasteiger charge is -2.29. The Bertz CT molecular complexity index is 1770. The fourth-order valence-electron chi connectivity index (χ4n) is 12.2. The molecule has 0 heterocycles. The van der Waals surface area contributed by atoms with Crippen molar-refractivity contribution < 1.29 is 27.1 Å². The molecule has 86 heavy (non-hydrogen) atoms. The third-order valence-electron chi connectivity index (χ3n) is 17.9. The van der Waals surface area contributed by atoms with E-state index in [0.717, 1.165) is 56.4 Å². The van der Waals surface area contributed by atoms with Crippen molar-refractivity contribution in [1.29, 1.82) is 0 Å². The summed E-state index contributed by atoms with van der Waals surface area (Å²) >= 11 is 0. The Morgan fingerprint density at radius 3 is 0.919 bits per heavy atom. The van der Waals surface area contributed by atoms with Gasteiger partial charge in [-0.1, -0.05) is 345 Å². The zero-order chi connectivity index (χ0) is 62.6. The van der Waals surface area contributed by atoms with Crippen LogP contribution in [0.25, 0.3) is 0 Å². The quantitative estimate of drug-likeness (QED) is 0.0486. The highest BCUT2D eigenvalue weighted by atomic mass is 31.2. The molecule has 2 aromatic carbocycles. The Labute approximate surface area is 539 Å². The maximum Gasteiger partial charge on any atom is 0.397 e. The lowest BCUT2D eigenvalue weighted by molar-refractivity contribution is 0.197. The maximum atomic E-state index is 6.99. The Morgan fingerprint density at radius 1 is 0.337 bits per heavy atom. The number of aryl methyl sites for hydroxylation is 2. The van der Waals surface area contributed by atoms with E-state index in [0.29, 0.717) is 38.3 Å². The lowest BCUT2D eigenvalue weighted by atomic mass is 9.79. The highest BCUT2D eigenvalue weighted by Crippen LogP contribution is 2.48. The van der Waals surface area contributed by atoms with Crippen LogP contribution in [0.15, 0.2) is 24.3 Å². The summed E-state index contributed by atoms with van der Waals surface area (Å²) in [5, 5.41) is 0. The second kappa shape index (κ2) is 55.4. The minimum Gasteiger partial charge on any atom is -0.426 e. The minimum absolute atomic E-state index is 0.135. The van der Waals surface area contributed by atoms with Crippen LogP contribution < -0.4 is 9.05 Å². The Balaban J connectivity index is 2.26. The predicted octanol–water partition coefficient (Wildman–Crippen LogP) is 28.4. The largest absolute Gasteiger partial charge is 0.426 e. The van der Waals surface area contributed by atoms with Gasteiger partial charge in [0.2, 0.25) is 0 Å². The van der Waals surface area contributed by atoms with Crippen molar-refractivity contribution >= 4 is 17.2 Å². The molecule has 0 amide bonds. The first-order valence-corrected chi connectivity index (χ1v) is 39.8. The van der Waals surface area contributed by atoms with Crippen LogP contribution in [0, 0.1) is 13.8 Å². The van der Waals surface area contributed by atoms with Crippen molar-refractivity contribution in [3.8, 4) is 11.5 Å². The van der Waals surface area contributed by atoms with Crippen LogP contribution in [0.4, 0.5) is 0 Å². The second-order valence-corrected chi connectivity index (χ2v) is 30.0. The average Bonchev–Trinajstić information content (AvgIpc) is 1.41. The van der Waals surface area contributed by atoms with Gasteiger partial charge in [-0.3, -0.25) is 0 Å². The molecule has 0 saturated carbocycles. The van der Waals surface area contributed by atoms with Crippen molar-refractivity contribution in [1.82, 2.24) is 0 Å². The van der Waals surface area contributed by atoms with Crippen LogP contribution in [0.2, 0.25) is 0 Å². The van der Waals surface area contributed by atoms with E-state index in [1.54, 1.807) is 0 Å². The summed E-state index contributed by atoms with van der Waals surface area (Å²) in [6.07, 6.45) is 61.3. The van der Waals surface area contributed by atoms with E-state index in [4.69, 9.17) is 27.1 Å². The Kier molecular flexibility index (Phi) is 52.1. The standard InChI is InChI=1S/C78H144O6P2/c1-13-18-22-26-30-34-38-42-46-50-54-59-79-85(80-60-55-51-47-43-39-35-31-27-23-19-14-2)83-76-63-69(8)72(66-73(76)68(6)7)65-71(58-17-5)74-67-75(78(10,11)12)77(64-70(74)9)84-86(81-61-56-52-48-44-40-36-32-28-24-20-15-3)82-62-57-53-49-45-41-37-33-29-25-21-16-4/h63-64,66-68,71H,13-62,65H2,1-12H3. The summed E-state index contributed by atoms with van der Waals surface area (Å²) in [5.41, 5.74) is 7.74. The molecule has 0 aliphatic heterocycles. The third-order valence-corrected chi connectivity index (χ3v) is 20.2. The number of benzene rings is 2. The molecule has 8 heteroatoms. The van der Waals surface area contributed by atoms with Gasteiger partial charge in [0, 0.05) is 5.56 Å². The second-order valence-electron chi connectivity index (χ2n) is 27.7. The highest BCUT2D eigenvalue weighted by molar-refractivity contribution is 7.42. The molecule has 1 atom stereocenters. The van der Waals surface area contributed by atoms with E-state index in [-0.39, 0.29) is 5.41 Å². The number of unbranched alkanes of at least 4 members (excludes halogenated alkanes) is 40. The van der Waals surface area contributed by atoms with Gasteiger partial charge < -0.3 is 27.1 Å². The van der Waals surface area contributed by atoms with Crippen LogP contribution in [0.5, 0.6) is 11.5 Å². The summed E-state index contributed by atoms with van der Waals surface area (Å²) in [6, 6.07) is 9.59. The monoisotopic (exact) mass is 1240 g/mol. The summed E-state index contributed by atoms with van der Waals surface area (Å²) in [4.78, 5) is 0. The molecule has 0 bridgehead atoms. The SMILES string of the molecule is CCCCCCCCCCCCCOP(OCCCCCCCCCCCCC)Oc1cc(C)c(CC(CCC)c2cc(C(C)(C)C)c(OP(OCCCCCCCCCCCCC)OCCCCCCCCCCCCC)cc2C)cc1C(C)C. The van der Waals surface area contributed by atoms with Crippen LogP contribution in [-0.4, -0.2) is 26.4 Å². The summed E-state index contributed by atoms with van der Waals surface area (Å²) < 4.78 is 40.3. The summed E-state index contributed by atoms with van der Waals surface area (Å²) in [6.45, 7) is 30.5. The van der Waals surface area contributed by atoms with E-state index in [1.807, 2.05) is 0 Å². The summed E-state index contributed by atoms with van der Waals surface area (Å²) in [7, 11) is -3.05. The van der Waals surface area contributed by atoms with E-state index in [1.165, 1.54) is 290 Å². The fraction of sp³-hybridized carbons (Fsp3) is 0.846. The summed E-state index contributed by atoms with van der Waals surface area (Å²) in [5.74, 6) is 2.50. The zero-order valence-electron chi connectivity index (χ0n) is 59.4. The first kappa shape index (κ1) is 80.8. The molecule has 1 unspecified atom stereocenters. The normalized spacial score (nSPS) is 12.5. The van der Waals surface area contributed by atoms with Crippen molar-refractivity contribution in [3.63, 3.8) is 0 Å². The van der Waals surface area contributed by atoms with Gasteiger partial charge in [0.25, 0.3) is 0 Å². The van der Waals surface area contributed by atoms with Crippen molar-refractivity contribution in [2.45, 2.75) is 402 Å². The molecular formula is C78H144O6P2. The molecule has 2 rings (SSSR count). The van der Waals surface area contributed by atoms with Crippen molar-refractivity contribution in [3.05, 3.63) is 57.6 Å². The van der Waals surface area contributed by atoms with E-state index in [2.05, 4.69) is 107 Å². The van der Waals surface area contributed by atoms with Gasteiger partial charge in [0.15, 0.2) is 0 Å². The molecular weight excluding hydrogens is 1090 g/mol. The van der Waals surface area contributed by atoms with E-state index in [9.17, 15) is 0 Å². The maximum absolute atomic E-state index is 6.99. The lowest BCUT2D eigenvalue weighted by Crippen LogP contribution is -2.16. The molecule has 0 spiro atoms. The molecule has 0 saturated heterocycles. The number of hydrogen-bond donors (Lipinski definition) is 0. The van der Waals surface area contributed by atoms with Crippen molar-refractivity contribution in [2.24, 2.45) is 0 Å². The molecule has 0 aliphatic rings. The Morgan fingerprint density at radius 2 is 0.628 bits per heavy atom. The first-order valence-electron chi connectivity index (χ1n) is 37.7. The minimum atomic E-state index is -1.53. The van der Waals surface area contributed by atoms with Gasteiger partial charge in [-0.2, -0.15) is 0 Å². The van der Waals surface area contributed by atoms with E-state index < -0.39 is 17.2 Å². The molecule has 0 radical (unpaired) electrons. The molecule has 0 N–H and O–H groups in total. The van der Waals surface area contributed by atoms with Crippen LogP contribution in [0.1, 0.15) is 410 Å². The molecule has 502 valence electrons. The van der Waals surface area contributed by atoms with Gasteiger partial charge in [0.1, 0.15) is 11.5 Å². The molecule has 0 fully saturated rings. The molecule has 0 aliphatic carbocycles. The Hall–Kier alpha value is -1.26.